The number of carbonyl (C=O) groups is 1. The van der Waals surface area contributed by atoms with Gasteiger partial charge in [0.05, 0.1) is 11.3 Å². The van der Waals surface area contributed by atoms with Crippen molar-refractivity contribution in [2.75, 3.05) is 0 Å². The van der Waals surface area contributed by atoms with Gasteiger partial charge in [0.25, 0.3) is 0 Å². The molecule has 3 aromatic rings. The molecule has 4 nitrogen and oxygen atoms in total. The molecular weight excluding hydrogens is 324 g/mol. The van der Waals surface area contributed by atoms with Crippen molar-refractivity contribution < 1.29 is 9.90 Å². The molecule has 2 aromatic carbocycles. The summed E-state index contributed by atoms with van der Waals surface area (Å²) in [7, 11) is 0. The Morgan fingerprint density at radius 1 is 1.12 bits per heavy atom. The van der Waals surface area contributed by atoms with E-state index in [-0.39, 0.29) is 5.56 Å². The summed E-state index contributed by atoms with van der Waals surface area (Å²) in [5.41, 5.74) is 6.63. The van der Waals surface area contributed by atoms with Gasteiger partial charge < -0.3 is 9.67 Å². The zero-order valence-corrected chi connectivity index (χ0v) is 15.2. The SMILES string of the molecule is CCc1ccccc1-n1c(C)cc(C=Nc2cccc(C(=O)O)c2)c1C. The third-order valence-corrected chi connectivity index (χ3v) is 4.53. The first-order valence-corrected chi connectivity index (χ1v) is 8.66. The quantitative estimate of drug-likeness (QED) is 0.653. The largest absolute Gasteiger partial charge is 0.478 e. The van der Waals surface area contributed by atoms with Gasteiger partial charge in [0.2, 0.25) is 0 Å². The molecule has 3 rings (SSSR count). The third-order valence-electron chi connectivity index (χ3n) is 4.53. The van der Waals surface area contributed by atoms with E-state index < -0.39 is 5.97 Å². The van der Waals surface area contributed by atoms with Gasteiger partial charge in [-0.25, -0.2) is 4.79 Å². The number of carboxylic acids is 1. The lowest BCUT2D eigenvalue weighted by atomic mass is 10.1. The fourth-order valence-electron chi connectivity index (χ4n) is 3.18. The van der Waals surface area contributed by atoms with Crippen molar-refractivity contribution in [3.63, 3.8) is 0 Å². The maximum absolute atomic E-state index is 11.1. The highest BCUT2D eigenvalue weighted by Gasteiger charge is 2.11. The normalized spacial score (nSPS) is 11.2. The molecule has 1 N–H and O–H groups in total. The minimum absolute atomic E-state index is 0.238. The molecule has 4 heteroatoms. The molecule has 0 radical (unpaired) electrons. The van der Waals surface area contributed by atoms with E-state index in [1.54, 1.807) is 30.5 Å². The maximum Gasteiger partial charge on any atom is 0.335 e. The highest BCUT2D eigenvalue weighted by atomic mass is 16.4. The summed E-state index contributed by atoms with van der Waals surface area (Å²) in [4.78, 5) is 15.6. The Labute approximate surface area is 153 Å². The van der Waals surface area contributed by atoms with Crippen molar-refractivity contribution in [1.82, 2.24) is 4.57 Å². The van der Waals surface area contributed by atoms with Crippen LogP contribution in [0.15, 0.2) is 59.6 Å². The minimum Gasteiger partial charge on any atom is -0.478 e. The van der Waals surface area contributed by atoms with E-state index in [1.165, 1.54) is 11.3 Å². The molecule has 0 saturated carbocycles. The first kappa shape index (κ1) is 17.7. The third kappa shape index (κ3) is 3.45. The summed E-state index contributed by atoms with van der Waals surface area (Å²) >= 11 is 0. The Kier molecular flexibility index (Phi) is 5.03. The molecule has 0 spiro atoms. The van der Waals surface area contributed by atoms with Crippen LogP contribution >= 0.6 is 0 Å². The van der Waals surface area contributed by atoms with Crippen LogP contribution in [0.5, 0.6) is 0 Å². The van der Waals surface area contributed by atoms with Gasteiger partial charge in [-0.15, -0.1) is 0 Å². The second kappa shape index (κ2) is 7.40. The Morgan fingerprint density at radius 3 is 2.62 bits per heavy atom. The summed E-state index contributed by atoms with van der Waals surface area (Å²) in [6, 6.07) is 17.2. The highest BCUT2D eigenvalue weighted by Crippen LogP contribution is 2.24. The summed E-state index contributed by atoms with van der Waals surface area (Å²) in [5.74, 6) is -0.948. The number of benzene rings is 2. The smallest absolute Gasteiger partial charge is 0.335 e. The molecule has 0 aliphatic carbocycles. The Hall–Kier alpha value is -3.14. The van der Waals surface area contributed by atoms with E-state index in [2.05, 4.69) is 60.7 Å². The van der Waals surface area contributed by atoms with Gasteiger partial charge in [-0.3, -0.25) is 4.99 Å². The van der Waals surface area contributed by atoms with Crippen LogP contribution in [0, 0.1) is 13.8 Å². The van der Waals surface area contributed by atoms with Gasteiger partial charge in [-0.05, 0) is 56.2 Å². The van der Waals surface area contributed by atoms with E-state index in [4.69, 9.17) is 5.11 Å². The van der Waals surface area contributed by atoms with Crippen LogP contribution in [0.3, 0.4) is 0 Å². The number of carboxylic acid groups (broad SMARTS) is 1. The van der Waals surface area contributed by atoms with Crippen molar-refractivity contribution in [2.24, 2.45) is 4.99 Å². The van der Waals surface area contributed by atoms with Crippen molar-refractivity contribution in [2.45, 2.75) is 27.2 Å². The molecule has 0 amide bonds. The van der Waals surface area contributed by atoms with Crippen LogP contribution in [0.4, 0.5) is 5.69 Å². The first-order chi connectivity index (χ1) is 12.5. The number of hydrogen-bond donors (Lipinski definition) is 1. The van der Waals surface area contributed by atoms with Crippen molar-refractivity contribution in [3.05, 3.63) is 82.7 Å². The molecule has 0 aliphatic rings. The Balaban J connectivity index is 1.98. The van der Waals surface area contributed by atoms with Crippen molar-refractivity contribution >= 4 is 17.9 Å². The summed E-state index contributed by atoms with van der Waals surface area (Å²) in [5, 5.41) is 9.10. The topological polar surface area (TPSA) is 54.6 Å². The molecule has 0 atom stereocenters. The van der Waals surface area contributed by atoms with Crippen molar-refractivity contribution in [3.8, 4) is 5.69 Å². The van der Waals surface area contributed by atoms with Crippen LogP contribution in [-0.2, 0) is 6.42 Å². The predicted molar refractivity (Wildman–Crippen MR) is 105 cm³/mol. The van der Waals surface area contributed by atoms with Gasteiger partial charge in [0, 0.05) is 28.9 Å². The molecular formula is C22H22N2O2. The molecule has 0 unspecified atom stereocenters. The second-order valence-electron chi connectivity index (χ2n) is 6.26. The van der Waals surface area contributed by atoms with E-state index in [0.717, 1.165) is 23.4 Å². The standard InChI is InChI=1S/C22H22N2O2/c1-4-17-8-5-6-11-21(17)24-15(2)12-19(16(24)3)14-23-20-10-7-9-18(13-20)22(25)26/h5-14H,4H2,1-3H3,(H,25,26). The van der Waals surface area contributed by atoms with Crippen molar-refractivity contribution in [1.29, 1.82) is 0 Å². The second-order valence-corrected chi connectivity index (χ2v) is 6.26. The molecule has 0 aliphatic heterocycles. The molecule has 132 valence electrons. The lowest BCUT2D eigenvalue weighted by Crippen LogP contribution is -2.03. The van der Waals surface area contributed by atoms with Crippen LogP contribution in [0.2, 0.25) is 0 Å². The number of para-hydroxylation sites is 1. The van der Waals surface area contributed by atoms with Gasteiger partial charge in [0.15, 0.2) is 0 Å². The van der Waals surface area contributed by atoms with E-state index >= 15 is 0 Å². The van der Waals surface area contributed by atoms with Crippen LogP contribution in [-0.4, -0.2) is 21.9 Å². The number of aryl methyl sites for hydroxylation is 2. The van der Waals surface area contributed by atoms with E-state index in [1.807, 2.05) is 0 Å². The first-order valence-electron chi connectivity index (χ1n) is 8.66. The van der Waals surface area contributed by atoms with Gasteiger partial charge >= 0.3 is 5.97 Å². The minimum atomic E-state index is -0.948. The lowest BCUT2D eigenvalue weighted by molar-refractivity contribution is 0.0697. The number of aromatic nitrogens is 1. The highest BCUT2D eigenvalue weighted by molar-refractivity contribution is 5.89. The fourth-order valence-corrected chi connectivity index (χ4v) is 3.18. The maximum atomic E-state index is 11.1. The molecule has 0 bridgehead atoms. The number of aliphatic imine (C=N–C) groups is 1. The summed E-state index contributed by atoms with van der Waals surface area (Å²) < 4.78 is 2.24. The average molecular weight is 346 g/mol. The number of aromatic carboxylic acids is 1. The monoisotopic (exact) mass is 346 g/mol. The molecule has 1 heterocycles. The fraction of sp³-hybridized carbons (Fsp3) is 0.182. The number of nitrogens with zero attached hydrogens (tertiary/aromatic N) is 2. The van der Waals surface area contributed by atoms with Crippen LogP contribution in [0.1, 0.15) is 39.8 Å². The zero-order valence-electron chi connectivity index (χ0n) is 15.2. The zero-order chi connectivity index (χ0) is 18.7. The van der Waals surface area contributed by atoms with Gasteiger partial charge in [-0.2, -0.15) is 0 Å². The predicted octanol–water partition coefficient (Wildman–Crippen LogP) is 5.11. The van der Waals surface area contributed by atoms with Crippen LogP contribution in [0.25, 0.3) is 5.69 Å². The molecule has 26 heavy (non-hydrogen) atoms. The van der Waals surface area contributed by atoms with Gasteiger partial charge in [0.1, 0.15) is 0 Å². The van der Waals surface area contributed by atoms with E-state index in [0.29, 0.717) is 5.69 Å². The molecule has 1 aromatic heterocycles. The molecule has 0 saturated heterocycles. The Bertz CT molecular complexity index is 984. The molecule has 0 fully saturated rings. The number of hydrogen-bond acceptors (Lipinski definition) is 2. The van der Waals surface area contributed by atoms with Gasteiger partial charge in [-0.1, -0.05) is 31.2 Å². The summed E-state index contributed by atoms with van der Waals surface area (Å²) in [6.07, 6.45) is 2.77. The van der Waals surface area contributed by atoms with E-state index in [9.17, 15) is 4.79 Å². The number of rotatable bonds is 5. The summed E-state index contributed by atoms with van der Waals surface area (Å²) in [6.45, 7) is 6.32. The van der Waals surface area contributed by atoms with Crippen LogP contribution < -0.4 is 0 Å². The average Bonchev–Trinajstić information content (AvgIpc) is 2.93. The Morgan fingerprint density at radius 2 is 1.88 bits per heavy atom. The lowest BCUT2D eigenvalue weighted by Gasteiger charge is -2.13.